The molecule has 0 aliphatic heterocycles. The van der Waals surface area contributed by atoms with Crippen molar-refractivity contribution in [2.75, 3.05) is 5.32 Å². The fraction of sp³-hybridized carbons (Fsp3) is 0.500. The van der Waals surface area contributed by atoms with Gasteiger partial charge in [0.15, 0.2) is 0 Å². The molecule has 0 amide bonds. The van der Waals surface area contributed by atoms with Crippen molar-refractivity contribution in [3.05, 3.63) is 23.8 Å². The summed E-state index contributed by atoms with van der Waals surface area (Å²) >= 11 is 0. The summed E-state index contributed by atoms with van der Waals surface area (Å²) in [5.41, 5.74) is 1.55. The van der Waals surface area contributed by atoms with Crippen LogP contribution in [0.1, 0.15) is 25.3 Å². The third-order valence-electron chi connectivity index (χ3n) is 3.30. The van der Waals surface area contributed by atoms with Gasteiger partial charge in [-0.2, -0.15) is 0 Å². The molecule has 1 aromatic rings. The molecule has 1 fully saturated rings. The molecule has 1 aromatic carbocycles. The van der Waals surface area contributed by atoms with Crippen molar-refractivity contribution in [3.8, 4) is 0 Å². The Kier molecular flexibility index (Phi) is 3.14. The van der Waals surface area contributed by atoms with Crippen LogP contribution in [0.2, 0.25) is 0 Å². The number of nitrogens with two attached hydrogens (primary N) is 1. The topological polar surface area (TPSA) is 72.2 Å². The number of primary sulfonamides is 1. The van der Waals surface area contributed by atoms with E-state index in [4.69, 9.17) is 5.14 Å². The third-order valence-corrected chi connectivity index (χ3v) is 4.36. The average molecular weight is 254 g/mol. The lowest BCUT2D eigenvalue weighted by Crippen LogP contribution is -2.19. The molecule has 2 rings (SSSR count). The lowest BCUT2D eigenvalue weighted by Gasteiger charge is -2.17. The zero-order chi connectivity index (χ0) is 12.6. The number of hydrogen-bond donors (Lipinski definition) is 2. The molecule has 0 saturated heterocycles. The predicted molar refractivity (Wildman–Crippen MR) is 68.4 cm³/mol. The van der Waals surface area contributed by atoms with Crippen LogP contribution in [0.15, 0.2) is 23.1 Å². The lowest BCUT2D eigenvalue weighted by atomic mass is 10.1. The average Bonchev–Trinajstić information content (AvgIpc) is 3.02. The molecular formula is C12H18N2O2S. The van der Waals surface area contributed by atoms with Crippen molar-refractivity contribution in [2.24, 2.45) is 11.1 Å². The molecule has 0 spiro atoms. The molecule has 1 unspecified atom stereocenters. The van der Waals surface area contributed by atoms with Gasteiger partial charge < -0.3 is 5.32 Å². The first-order valence-corrected chi connectivity index (χ1v) is 7.33. The Morgan fingerprint density at radius 2 is 2.06 bits per heavy atom. The molecule has 0 bridgehead atoms. The summed E-state index contributed by atoms with van der Waals surface area (Å²) < 4.78 is 22.8. The summed E-state index contributed by atoms with van der Waals surface area (Å²) in [5.74, 6) is 0.715. The first-order valence-electron chi connectivity index (χ1n) is 5.78. The Hall–Kier alpha value is -1.07. The number of anilines is 1. The summed E-state index contributed by atoms with van der Waals surface area (Å²) in [6, 6.07) is 5.53. The fourth-order valence-corrected chi connectivity index (χ4v) is 2.84. The van der Waals surface area contributed by atoms with Crippen molar-refractivity contribution >= 4 is 15.7 Å². The summed E-state index contributed by atoms with van der Waals surface area (Å²) in [4.78, 5) is 0.200. The number of nitrogens with one attached hydrogen (secondary N) is 1. The maximum atomic E-state index is 11.4. The van der Waals surface area contributed by atoms with Crippen LogP contribution in [0.3, 0.4) is 0 Å². The molecule has 1 atom stereocenters. The van der Waals surface area contributed by atoms with E-state index in [1.165, 1.54) is 18.9 Å². The van der Waals surface area contributed by atoms with Crippen LogP contribution in [-0.4, -0.2) is 14.5 Å². The van der Waals surface area contributed by atoms with E-state index in [9.17, 15) is 8.42 Å². The van der Waals surface area contributed by atoms with Crippen molar-refractivity contribution in [1.29, 1.82) is 0 Å². The molecule has 0 radical (unpaired) electrons. The van der Waals surface area contributed by atoms with Crippen LogP contribution in [0, 0.1) is 12.8 Å². The summed E-state index contributed by atoms with van der Waals surface area (Å²) in [6.07, 6.45) is 2.50. The normalized spacial score (nSPS) is 17.8. The Morgan fingerprint density at radius 1 is 1.41 bits per heavy atom. The van der Waals surface area contributed by atoms with Crippen LogP contribution in [0.25, 0.3) is 0 Å². The minimum Gasteiger partial charge on any atom is -0.382 e. The Bertz CT molecular complexity index is 521. The smallest absolute Gasteiger partial charge is 0.238 e. The molecular weight excluding hydrogens is 236 g/mol. The second kappa shape index (κ2) is 4.31. The zero-order valence-electron chi connectivity index (χ0n) is 10.1. The second-order valence-electron chi connectivity index (χ2n) is 4.74. The van der Waals surface area contributed by atoms with Crippen LogP contribution < -0.4 is 10.5 Å². The van der Waals surface area contributed by atoms with Gasteiger partial charge in [0.1, 0.15) is 0 Å². The van der Waals surface area contributed by atoms with Gasteiger partial charge in [0, 0.05) is 11.7 Å². The van der Waals surface area contributed by atoms with Crippen LogP contribution in [0.4, 0.5) is 5.69 Å². The molecule has 1 saturated carbocycles. The third kappa shape index (κ3) is 2.79. The van der Waals surface area contributed by atoms with Crippen molar-refractivity contribution in [3.63, 3.8) is 0 Å². The largest absolute Gasteiger partial charge is 0.382 e. The van der Waals surface area contributed by atoms with Crippen molar-refractivity contribution in [1.82, 2.24) is 0 Å². The minimum atomic E-state index is -3.64. The number of hydrogen-bond acceptors (Lipinski definition) is 3. The Labute approximate surface area is 102 Å². The molecule has 1 aliphatic carbocycles. The van der Waals surface area contributed by atoms with E-state index in [1.807, 2.05) is 6.07 Å². The molecule has 4 nitrogen and oxygen atoms in total. The standard InChI is InChI=1S/C12H18N2O2S/c1-8-11(14-9(2)10-6-7-10)4-3-5-12(8)17(13,15)16/h3-5,9-10,14H,6-7H2,1-2H3,(H2,13,15,16). The Balaban J connectivity index is 2.29. The summed E-state index contributed by atoms with van der Waals surface area (Å²) in [6.45, 7) is 3.91. The number of sulfonamides is 1. The molecule has 3 N–H and O–H groups in total. The molecule has 0 heterocycles. The SMILES string of the molecule is Cc1c(NC(C)C2CC2)cccc1S(N)(=O)=O. The number of benzene rings is 1. The number of rotatable bonds is 4. The van der Waals surface area contributed by atoms with E-state index in [-0.39, 0.29) is 4.90 Å². The highest BCUT2D eigenvalue weighted by molar-refractivity contribution is 7.89. The highest BCUT2D eigenvalue weighted by Gasteiger charge is 2.28. The minimum absolute atomic E-state index is 0.200. The van der Waals surface area contributed by atoms with Gasteiger partial charge in [-0.05, 0) is 50.3 Å². The molecule has 94 valence electrons. The van der Waals surface area contributed by atoms with Crippen LogP contribution in [-0.2, 0) is 10.0 Å². The highest BCUT2D eigenvalue weighted by atomic mass is 32.2. The maximum absolute atomic E-state index is 11.4. The first kappa shape index (κ1) is 12.4. The fourth-order valence-electron chi connectivity index (χ4n) is 2.04. The van der Waals surface area contributed by atoms with E-state index >= 15 is 0 Å². The van der Waals surface area contributed by atoms with Crippen LogP contribution in [0.5, 0.6) is 0 Å². The summed E-state index contributed by atoms with van der Waals surface area (Å²) in [5, 5.41) is 8.54. The van der Waals surface area contributed by atoms with Gasteiger partial charge >= 0.3 is 0 Å². The van der Waals surface area contributed by atoms with Gasteiger partial charge in [0.05, 0.1) is 4.90 Å². The van der Waals surface area contributed by atoms with Gasteiger partial charge in [-0.3, -0.25) is 0 Å². The van der Waals surface area contributed by atoms with E-state index in [2.05, 4.69) is 12.2 Å². The van der Waals surface area contributed by atoms with E-state index in [1.54, 1.807) is 13.0 Å². The van der Waals surface area contributed by atoms with Crippen molar-refractivity contribution < 1.29 is 8.42 Å². The second-order valence-corrected chi connectivity index (χ2v) is 6.27. The van der Waals surface area contributed by atoms with Gasteiger partial charge in [0.2, 0.25) is 10.0 Å². The maximum Gasteiger partial charge on any atom is 0.238 e. The summed E-state index contributed by atoms with van der Waals surface area (Å²) in [7, 11) is -3.64. The van der Waals surface area contributed by atoms with E-state index < -0.39 is 10.0 Å². The van der Waals surface area contributed by atoms with Gasteiger partial charge in [-0.15, -0.1) is 0 Å². The molecule has 17 heavy (non-hydrogen) atoms. The highest BCUT2D eigenvalue weighted by Crippen LogP contribution is 2.34. The molecule has 0 aromatic heterocycles. The quantitative estimate of drug-likeness (QED) is 0.861. The van der Waals surface area contributed by atoms with E-state index in [0.29, 0.717) is 17.5 Å². The zero-order valence-corrected chi connectivity index (χ0v) is 10.9. The van der Waals surface area contributed by atoms with E-state index in [0.717, 1.165) is 5.69 Å². The van der Waals surface area contributed by atoms with Gasteiger partial charge in [-0.25, -0.2) is 13.6 Å². The van der Waals surface area contributed by atoms with Gasteiger partial charge in [-0.1, -0.05) is 6.07 Å². The van der Waals surface area contributed by atoms with Gasteiger partial charge in [0.25, 0.3) is 0 Å². The van der Waals surface area contributed by atoms with Crippen molar-refractivity contribution in [2.45, 2.75) is 37.6 Å². The lowest BCUT2D eigenvalue weighted by molar-refractivity contribution is 0.597. The van der Waals surface area contributed by atoms with Crippen LogP contribution >= 0.6 is 0 Å². The molecule has 5 heteroatoms. The first-order chi connectivity index (χ1) is 7.89. The predicted octanol–water partition coefficient (Wildman–Crippen LogP) is 1.85. The monoisotopic (exact) mass is 254 g/mol. The Morgan fingerprint density at radius 3 is 2.59 bits per heavy atom. The molecule has 1 aliphatic rings.